The van der Waals surface area contributed by atoms with Crippen LogP contribution in [0.3, 0.4) is 0 Å². The summed E-state index contributed by atoms with van der Waals surface area (Å²) in [6.07, 6.45) is 7.69. The van der Waals surface area contributed by atoms with Gasteiger partial charge in [0.25, 0.3) is 5.91 Å². The summed E-state index contributed by atoms with van der Waals surface area (Å²) in [5, 5.41) is 1.15. The smallest absolute Gasteiger partial charge is 0.255 e. The van der Waals surface area contributed by atoms with Gasteiger partial charge in [0.1, 0.15) is 5.82 Å². The van der Waals surface area contributed by atoms with Crippen molar-refractivity contribution >= 4 is 28.8 Å². The van der Waals surface area contributed by atoms with Gasteiger partial charge in [-0.05, 0) is 42.5 Å². The first kappa shape index (κ1) is 20.6. The quantitative estimate of drug-likeness (QED) is 0.587. The van der Waals surface area contributed by atoms with Gasteiger partial charge >= 0.3 is 0 Å². The molecule has 0 N–H and O–H groups in total. The summed E-state index contributed by atoms with van der Waals surface area (Å²) >= 11 is 0. The maximum absolute atomic E-state index is 13.3. The van der Waals surface area contributed by atoms with Gasteiger partial charge in [0.2, 0.25) is 0 Å². The minimum atomic E-state index is 0.0707. The van der Waals surface area contributed by atoms with Gasteiger partial charge in [0.15, 0.2) is 0 Å². The number of likely N-dealkylation sites (tertiary alicyclic amines) is 1. The first-order valence-electron chi connectivity index (χ1n) is 11.4. The molecule has 2 aromatic heterocycles. The number of carbonyl (C=O) groups is 1. The van der Waals surface area contributed by atoms with E-state index in [4.69, 9.17) is 0 Å². The third kappa shape index (κ3) is 3.85. The lowest BCUT2D eigenvalue weighted by Gasteiger charge is -2.37. The number of nitrogens with zero attached hydrogens (tertiary/aromatic N) is 5. The molecule has 0 bridgehead atoms. The molecule has 2 aliphatic rings. The lowest BCUT2D eigenvalue weighted by molar-refractivity contribution is 0.0658. The molecule has 0 unspecified atom stereocenters. The Morgan fingerprint density at radius 2 is 2.00 bits per heavy atom. The SMILES string of the molecule is CN=Cc1ccc([C@H]2C[C@@H](C)CN(C(=O)c3ccc(N4CCC4)nc3)C2)c2cccnc12. The van der Waals surface area contributed by atoms with Gasteiger partial charge in [-0.15, -0.1) is 0 Å². The van der Waals surface area contributed by atoms with Crippen molar-refractivity contribution in [1.29, 1.82) is 0 Å². The summed E-state index contributed by atoms with van der Waals surface area (Å²) in [6, 6.07) is 12.3. The van der Waals surface area contributed by atoms with E-state index < -0.39 is 0 Å². The third-order valence-electron chi connectivity index (χ3n) is 6.66. The van der Waals surface area contributed by atoms with E-state index in [-0.39, 0.29) is 11.8 Å². The third-order valence-corrected chi connectivity index (χ3v) is 6.66. The first-order valence-corrected chi connectivity index (χ1v) is 11.4. The molecule has 32 heavy (non-hydrogen) atoms. The van der Waals surface area contributed by atoms with Gasteiger partial charge < -0.3 is 9.80 Å². The number of pyridine rings is 2. The molecule has 3 aromatic rings. The van der Waals surface area contributed by atoms with E-state index in [0.717, 1.165) is 48.3 Å². The van der Waals surface area contributed by atoms with E-state index in [1.165, 1.54) is 12.0 Å². The number of benzene rings is 1. The molecule has 0 radical (unpaired) electrons. The Bertz CT molecular complexity index is 1150. The summed E-state index contributed by atoms with van der Waals surface area (Å²) in [4.78, 5) is 30.9. The number of fused-ring (bicyclic) bond motifs is 1. The molecule has 2 fully saturated rings. The molecule has 0 saturated carbocycles. The van der Waals surface area contributed by atoms with Gasteiger partial charge in [-0.2, -0.15) is 0 Å². The van der Waals surface area contributed by atoms with Crippen molar-refractivity contribution in [2.75, 3.05) is 38.1 Å². The number of aliphatic imine (C=N–C) groups is 1. The van der Waals surface area contributed by atoms with Crippen LogP contribution in [0, 0.1) is 5.92 Å². The zero-order chi connectivity index (χ0) is 22.1. The van der Waals surface area contributed by atoms with Crippen molar-refractivity contribution in [3.05, 3.63) is 65.5 Å². The minimum absolute atomic E-state index is 0.0707. The van der Waals surface area contributed by atoms with Crippen LogP contribution in [-0.2, 0) is 0 Å². The second kappa shape index (κ2) is 8.69. The summed E-state index contributed by atoms with van der Waals surface area (Å²) in [7, 11) is 1.78. The Kier molecular flexibility index (Phi) is 5.60. The molecule has 2 atom stereocenters. The topological polar surface area (TPSA) is 61.7 Å². The highest BCUT2D eigenvalue weighted by Crippen LogP contribution is 2.35. The lowest BCUT2D eigenvalue weighted by atomic mass is 9.83. The molecule has 6 nitrogen and oxygen atoms in total. The number of aromatic nitrogens is 2. The van der Waals surface area contributed by atoms with Crippen molar-refractivity contribution in [2.45, 2.75) is 25.7 Å². The standard InChI is InChI=1S/C26H29N5O/c1-18-13-21(22-8-6-19(14-27-2)25-23(22)5-3-10-28-25)17-31(16-18)26(32)20-7-9-24(29-15-20)30-11-4-12-30/h3,5-10,14-15,18,21H,4,11-13,16-17H2,1-2H3/t18-,21+/m1/s1. The Hall–Kier alpha value is -3.28. The molecule has 0 aliphatic carbocycles. The zero-order valence-electron chi connectivity index (χ0n) is 18.7. The second-order valence-corrected chi connectivity index (χ2v) is 9.02. The molecule has 4 heterocycles. The van der Waals surface area contributed by atoms with Gasteiger partial charge in [-0.25, -0.2) is 4.98 Å². The van der Waals surface area contributed by atoms with E-state index in [0.29, 0.717) is 18.0 Å². The van der Waals surface area contributed by atoms with Crippen LogP contribution in [0.1, 0.15) is 47.2 Å². The number of hydrogen-bond donors (Lipinski definition) is 0. The summed E-state index contributed by atoms with van der Waals surface area (Å²) < 4.78 is 0. The number of anilines is 1. The normalized spacial score (nSPS) is 21.2. The lowest BCUT2D eigenvalue weighted by Crippen LogP contribution is -2.42. The molecular formula is C26H29N5O. The number of hydrogen-bond acceptors (Lipinski definition) is 5. The highest BCUT2D eigenvalue weighted by Gasteiger charge is 2.30. The van der Waals surface area contributed by atoms with Crippen molar-refractivity contribution in [2.24, 2.45) is 10.9 Å². The molecule has 0 spiro atoms. The van der Waals surface area contributed by atoms with Crippen LogP contribution in [0.2, 0.25) is 0 Å². The number of amides is 1. The largest absolute Gasteiger partial charge is 0.356 e. The zero-order valence-corrected chi connectivity index (χ0v) is 18.7. The molecule has 1 aromatic carbocycles. The maximum atomic E-state index is 13.3. The van der Waals surface area contributed by atoms with Crippen molar-refractivity contribution in [3.63, 3.8) is 0 Å². The Morgan fingerprint density at radius 1 is 1.12 bits per heavy atom. The fourth-order valence-electron chi connectivity index (χ4n) is 4.99. The highest BCUT2D eigenvalue weighted by atomic mass is 16.2. The molecule has 2 aliphatic heterocycles. The van der Waals surface area contributed by atoms with Crippen molar-refractivity contribution in [1.82, 2.24) is 14.9 Å². The monoisotopic (exact) mass is 427 g/mol. The summed E-state index contributed by atoms with van der Waals surface area (Å²) in [5.41, 5.74) is 3.93. The van der Waals surface area contributed by atoms with E-state index in [2.05, 4.69) is 45.0 Å². The molecule has 1 amide bonds. The fourth-order valence-corrected chi connectivity index (χ4v) is 4.99. The second-order valence-electron chi connectivity index (χ2n) is 9.02. The van der Waals surface area contributed by atoms with Crippen LogP contribution in [0.15, 0.2) is 53.8 Å². The van der Waals surface area contributed by atoms with Crippen molar-refractivity contribution in [3.8, 4) is 0 Å². The maximum Gasteiger partial charge on any atom is 0.255 e. The molecule has 164 valence electrons. The minimum Gasteiger partial charge on any atom is -0.356 e. The van der Waals surface area contributed by atoms with Crippen LogP contribution >= 0.6 is 0 Å². The molecule has 2 saturated heterocycles. The van der Waals surface area contributed by atoms with E-state index >= 15 is 0 Å². The van der Waals surface area contributed by atoms with E-state index in [9.17, 15) is 4.79 Å². The van der Waals surface area contributed by atoms with Gasteiger partial charge in [-0.1, -0.05) is 25.1 Å². The predicted octanol–water partition coefficient (Wildman–Crippen LogP) is 4.15. The van der Waals surface area contributed by atoms with Crippen LogP contribution in [0.25, 0.3) is 10.9 Å². The van der Waals surface area contributed by atoms with Gasteiger partial charge in [0.05, 0.1) is 11.1 Å². The Morgan fingerprint density at radius 3 is 2.72 bits per heavy atom. The van der Waals surface area contributed by atoms with Crippen LogP contribution in [-0.4, -0.2) is 60.2 Å². The Balaban J connectivity index is 1.41. The average molecular weight is 428 g/mol. The van der Waals surface area contributed by atoms with Gasteiger partial charge in [0, 0.05) is 68.7 Å². The fraction of sp³-hybridized carbons (Fsp3) is 0.385. The van der Waals surface area contributed by atoms with E-state index in [1.54, 1.807) is 13.2 Å². The number of piperidine rings is 1. The molecular weight excluding hydrogens is 398 g/mol. The van der Waals surface area contributed by atoms with Crippen LogP contribution in [0.4, 0.5) is 5.82 Å². The van der Waals surface area contributed by atoms with E-state index in [1.807, 2.05) is 35.5 Å². The highest BCUT2D eigenvalue weighted by molar-refractivity contribution is 5.99. The Labute approximate surface area is 189 Å². The summed E-state index contributed by atoms with van der Waals surface area (Å²) in [6.45, 7) is 5.83. The predicted molar refractivity (Wildman–Crippen MR) is 129 cm³/mol. The van der Waals surface area contributed by atoms with Crippen LogP contribution < -0.4 is 4.90 Å². The number of rotatable bonds is 4. The first-order chi connectivity index (χ1) is 15.6. The van der Waals surface area contributed by atoms with Crippen LogP contribution in [0.5, 0.6) is 0 Å². The average Bonchev–Trinajstić information content (AvgIpc) is 2.78. The van der Waals surface area contributed by atoms with Crippen molar-refractivity contribution < 1.29 is 4.79 Å². The number of carbonyl (C=O) groups excluding carboxylic acids is 1. The molecule has 5 rings (SSSR count). The summed E-state index contributed by atoms with van der Waals surface area (Å²) in [5.74, 6) is 1.73. The molecule has 6 heteroatoms. The van der Waals surface area contributed by atoms with Gasteiger partial charge in [-0.3, -0.25) is 14.8 Å².